The highest BCUT2D eigenvalue weighted by Crippen LogP contribution is 2.24. The van der Waals surface area contributed by atoms with Crippen LogP contribution >= 0.6 is 0 Å². The number of rotatable bonds is 2. The number of oxazole rings is 1. The molecular weight excluding hydrogens is 408 g/mol. The van der Waals surface area contributed by atoms with Crippen molar-refractivity contribution in [1.29, 1.82) is 0 Å². The third kappa shape index (κ3) is 5.48. The molecule has 1 unspecified atom stereocenters. The van der Waals surface area contributed by atoms with Crippen LogP contribution in [0, 0.1) is 0 Å². The third-order valence-electron chi connectivity index (χ3n) is 6.29. The van der Waals surface area contributed by atoms with Gasteiger partial charge in [-0.2, -0.15) is 0 Å². The Labute approximate surface area is 188 Å². The molecule has 0 aliphatic carbocycles. The van der Waals surface area contributed by atoms with Gasteiger partial charge in [-0.25, -0.2) is 4.98 Å². The van der Waals surface area contributed by atoms with Crippen molar-refractivity contribution in [2.75, 3.05) is 26.2 Å². The number of carbonyl (C=O) groups excluding carboxylic acids is 2. The summed E-state index contributed by atoms with van der Waals surface area (Å²) in [5.41, 5.74) is 6.99. The Bertz CT molecular complexity index is 928. The minimum Gasteiger partial charge on any atom is -0.492 e. The Morgan fingerprint density at radius 3 is 2.88 bits per heavy atom. The molecule has 1 fully saturated rings. The number of hydrogen-bond donors (Lipinski definition) is 1. The quantitative estimate of drug-likeness (QED) is 0.770. The number of nitrogens with two attached hydrogens (primary N) is 1. The van der Waals surface area contributed by atoms with Crippen molar-refractivity contribution in [3.05, 3.63) is 47.7 Å². The highest BCUT2D eigenvalue weighted by molar-refractivity contribution is 5.92. The molecule has 1 saturated heterocycles. The first-order chi connectivity index (χ1) is 15.6. The van der Waals surface area contributed by atoms with Crippen LogP contribution in [0.5, 0.6) is 5.75 Å². The molecule has 8 nitrogen and oxygen atoms in total. The zero-order valence-corrected chi connectivity index (χ0v) is 18.5. The van der Waals surface area contributed by atoms with Gasteiger partial charge in [-0.05, 0) is 56.2 Å². The van der Waals surface area contributed by atoms with Crippen molar-refractivity contribution < 1.29 is 18.7 Å². The first kappa shape index (κ1) is 22.3. The van der Waals surface area contributed by atoms with Gasteiger partial charge in [-0.1, -0.05) is 12.1 Å². The Balaban J connectivity index is 1.51. The van der Waals surface area contributed by atoms with Crippen molar-refractivity contribution in [1.82, 2.24) is 14.8 Å². The monoisotopic (exact) mass is 440 g/mol. The fraction of sp³-hybridized carbons (Fsp3) is 0.542. The van der Waals surface area contributed by atoms with Crippen LogP contribution in [0.3, 0.4) is 0 Å². The van der Waals surface area contributed by atoms with Gasteiger partial charge in [0.05, 0.1) is 13.1 Å². The predicted molar refractivity (Wildman–Crippen MR) is 119 cm³/mol. The van der Waals surface area contributed by atoms with Crippen molar-refractivity contribution in [2.24, 2.45) is 5.73 Å². The molecule has 2 N–H and O–H groups in total. The largest absolute Gasteiger partial charge is 0.492 e. The molecule has 8 heteroatoms. The van der Waals surface area contributed by atoms with Crippen LogP contribution in [0.4, 0.5) is 0 Å². The molecule has 3 heterocycles. The van der Waals surface area contributed by atoms with E-state index in [4.69, 9.17) is 14.9 Å². The summed E-state index contributed by atoms with van der Waals surface area (Å²) < 4.78 is 11.2. The van der Waals surface area contributed by atoms with Crippen LogP contribution in [0.15, 0.2) is 34.9 Å². The maximum atomic E-state index is 13.0. The first-order valence-corrected chi connectivity index (χ1v) is 11.6. The van der Waals surface area contributed by atoms with Crippen LogP contribution in [-0.4, -0.2) is 58.9 Å². The molecule has 0 saturated carbocycles. The second kappa shape index (κ2) is 10.6. The number of aryl methyl sites for hydroxylation is 1. The molecule has 2 aliphatic rings. The predicted octanol–water partition coefficient (Wildman–Crippen LogP) is 2.76. The number of aromatic nitrogens is 1. The smallest absolute Gasteiger partial charge is 0.275 e. The molecule has 0 spiro atoms. The molecule has 32 heavy (non-hydrogen) atoms. The summed E-state index contributed by atoms with van der Waals surface area (Å²) in [7, 11) is 0. The number of hydrogen-bond acceptors (Lipinski definition) is 6. The fourth-order valence-corrected chi connectivity index (χ4v) is 4.57. The lowest BCUT2D eigenvalue weighted by molar-refractivity contribution is -0.135. The van der Waals surface area contributed by atoms with E-state index in [9.17, 15) is 9.59 Å². The lowest BCUT2D eigenvalue weighted by Gasteiger charge is -2.36. The Morgan fingerprint density at radius 1 is 1.12 bits per heavy atom. The summed E-state index contributed by atoms with van der Waals surface area (Å²) in [5, 5.41) is 0. The molecule has 172 valence electrons. The van der Waals surface area contributed by atoms with E-state index >= 15 is 0 Å². The Kier molecular flexibility index (Phi) is 7.42. The van der Waals surface area contributed by atoms with E-state index in [1.165, 1.54) is 18.2 Å². The van der Waals surface area contributed by atoms with Gasteiger partial charge in [0.25, 0.3) is 5.91 Å². The summed E-state index contributed by atoms with van der Waals surface area (Å²) in [5.74, 6) is 1.08. The number of nitrogens with zero attached hydrogens (tertiary/aromatic N) is 3. The second-order valence-corrected chi connectivity index (χ2v) is 8.50. The molecule has 2 bridgehead atoms. The van der Waals surface area contributed by atoms with Gasteiger partial charge < -0.3 is 24.7 Å². The average Bonchev–Trinajstić information content (AvgIpc) is 3.30. The van der Waals surface area contributed by atoms with E-state index in [2.05, 4.69) is 22.0 Å². The lowest BCUT2D eigenvalue weighted by Crippen LogP contribution is -2.44. The molecule has 4 rings (SSSR count). The number of carbonyl (C=O) groups is 2. The van der Waals surface area contributed by atoms with Crippen molar-refractivity contribution in [2.45, 2.75) is 57.5 Å². The van der Waals surface area contributed by atoms with Gasteiger partial charge in [0.1, 0.15) is 18.6 Å². The Hall–Kier alpha value is -2.87. The molecule has 0 radical (unpaired) electrons. The van der Waals surface area contributed by atoms with E-state index in [0.717, 1.165) is 38.0 Å². The molecule has 1 atom stereocenters. The maximum absolute atomic E-state index is 13.0. The highest BCUT2D eigenvalue weighted by atomic mass is 16.5. The number of benzene rings is 1. The van der Waals surface area contributed by atoms with E-state index in [0.29, 0.717) is 38.4 Å². The van der Waals surface area contributed by atoms with Gasteiger partial charge in [0.15, 0.2) is 5.69 Å². The molecular formula is C24H32N4O4. The van der Waals surface area contributed by atoms with Crippen LogP contribution < -0.4 is 10.5 Å². The van der Waals surface area contributed by atoms with E-state index in [1.54, 1.807) is 4.90 Å². The molecule has 1 aromatic heterocycles. The molecule has 2 amide bonds. The van der Waals surface area contributed by atoms with Crippen LogP contribution in [0.1, 0.15) is 60.5 Å². The van der Waals surface area contributed by atoms with Gasteiger partial charge in [0, 0.05) is 25.6 Å². The number of ether oxygens (including phenoxy) is 1. The zero-order chi connectivity index (χ0) is 22.3. The average molecular weight is 441 g/mol. The van der Waals surface area contributed by atoms with E-state index < -0.39 is 0 Å². The lowest BCUT2D eigenvalue weighted by atomic mass is 9.95. The molecule has 2 aliphatic heterocycles. The van der Waals surface area contributed by atoms with Gasteiger partial charge in [0.2, 0.25) is 11.8 Å². The number of fused-ring (bicyclic) bond motifs is 3. The SMILES string of the molecule is NCc1nc(C(=O)N2CCCC(=O)N3CCCCC3CCc3cccc(c3)OCC2)co1. The summed E-state index contributed by atoms with van der Waals surface area (Å²) in [6.45, 7) is 2.18. The van der Waals surface area contributed by atoms with E-state index in [1.807, 2.05) is 12.1 Å². The standard InChI is InChI=1S/C24H32N4O4/c25-16-22-26-21(17-32-22)24(30)27-11-4-8-23(29)28-12-2-1-6-19(28)10-9-18-5-3-7-20(15-18)31-14-13-27/h3,5,7,15,17,19H,1-2,4,6,8-14,16,25H2. The number of amides is 2. The molecule has 1 aromatic carbocycles. The summed E-state index contributed by atoms with van der Waals surface area (Å²) in [6, 6.07) is 8.39. The van der Waals surface area contributed by atoms with Crippen molar-refractivity contribution >= 4 is 11.8 Å². The summed E-state index contributed by atoms with van der Waals surface area (Å²) in [4.78, 5) is 33.9. The van der Waals surface area contributed by atoms with E-state index in [-0.39, 0.29) is 30.1 Å². The van der Waals surface area contributed by atoms with Crippen LogP contribution in [-0.2, 0) is 17.8 Å². The zero-order valence-electron chi connectivity index (χ0n) is 18.5. The third-order valence-corrected chi connectivity index (χ3v) is 6.29. The second-order valence-electron chi connectivity index (χ2n) is 8.50. The van der Waals surface area contributed by atoms with Gasteiger partial charge in [-0.3, -0.25) is 9.59 Å². The molecule has 2 aromatic rings. The van der Waals surface area contributed by atoms with Crippen molar-refractivity contribution in [3.63, 3.8) is 0 Å². The highest BCUT2D eigenvalue weighted by Gasteiger charge is 2.27. The van der Waals surface area contributed by atoms with Crippen molar-refractivity contribution in [3.8, 4) is 5.75 Å². The Morgan fingerprint density at radius 2 is 2.03 bits per heavy atom. The van der Waals surface area contributed by atoms with Crippen LogP contribution in [0.25, 0.3) is 0 Å². The summed E-state index contributed by atoms with van der Waals surface area (Å²) >= 11 is 0. The van der Waals surface area contributed by atoms with Gasteiger partial charge in [-0.15, -0.1) is 0 Å². The normalized spacial score (nSPS) is 20.7. The topological polar surface area (TPSA) is 102 Å². The minimum atomic E-state index is -0.238. The first-order valence-electron chi connectivity index (χ1n) is 11.6. The maximum Gasteiger partial charge on any atom is 0.275 e. The number of piperidine rings is 1. The van der Waals surface area contributed by atoms with Crippen LogP contribution in [0.2, 0.25) is 0 Å². The summed E-state index contributed by atoms with van der Waals surface area (Å²) in [6.07, 6.45) is 7.55. The minimum absolute atomic E-state index is 0.137. The van der Waals surface area contributed by atoms with Gasteiger partial charge >= 0.3 is 0 Å². The fourth-order valence-electron chi connectivity index (χ4n) is 4.57.